The second kappa shape index (κ2) is 17.7. The second-order valence-electron chi connectivity index (χ2n) is 12.5. The van der Waals surface area contributed by atoms with Crippen molar-refractivity contribution in [3.63, 3.8) is 0 Å². The van der Waals surface area contributed by atoms with Crippen molar-refractivity contribution in [2.75, 3.05) is 46.4 Å². The Balaban J connectivity index is 1.33. The van der Waals surface area contributed by atoms with Gasteiger partial charge in [0.05, 0.1) is 28.6 Å². The molecule has 0 aliphatic carbocycles. The molecule has 2 saturated heterocycles. The normalized spacial score (nSPS) is 17.1. The topological polar surface area (TPSA) is 83.3 Å². The van der Waals surface area contributed by atoms with Gasteiger partial charge in [0.2, 0.25) is 5.91 Å². The summed E-state index contributed by atoms with van der Waals surface area (Å²) in [5, 5.41) is 6.36. The highest BCUT2D eigenvalue weighted by Crippen LogP contribution is 2.31. The van der Waals surface area contributed by atoms with Crippen molar-refractivity contribution in [3.05, 3.63) is 86.3 Å². The van der Waals surface area contributed by atoms with Gasteiger partial charge in [0.15, 0.2) is 0 Å². The predicted molar refractivity (Wildman–Crippen MR) is 192 cm³/mol. The Hall–Kier alpha value is -2.82. The number of halogens is 4. The van der Waals surface area contributed by atoms with Gasteiger partial charge >= 0.3 is 0 Å². The first-order valence-electron chi connectivity index (χ1n) is 16.5. The summed E-state index contributed by atoms with van der Waals surface area (Å²) in [7, 11) is 1.73. The molecule has 0 N–H and O–H groups in total. The summed E-state index contributed by atoms with van der Waals surface area (Å²) in [6.07, 6.45) is 11.5. The van der Waals surface area contributed by atoms with Crippen molar-refractivity contribution in [1.82, 2.24) is 24.3 Å². The Morgan fingerprint density at radius 1 is 1.02 bits per heavy atom. The van der Waals surface area contributed by atoms with Gasteiger partial charge in [-0.25, -0.2) is 4.98 Å². The number of rotatable bonds is 14. The summed E-state index contributed by atoms with van der Waals surface area (Å²) in [5.41, 5.74) is 2.01. The fraction of sp³-hybridized carbons (Fsp3) is 0.486. The number of amides is 2. The van der Waals surface area contributed by atoms with Gasteiger partial charge in [-0.1, -0.05) is 57.6 Å². The van der Waals surface area contributed by atoms with Crippen LogP contribution in [0.2, 0.25) is 20.1 Å². The monoisotopic (exact) mass is 734 g/mol. The molecule has 13 heteroatoms. The highest BCUT2D eigenvalue weighted by Gasteiger charge is 2.30. The lowest BCUT2D eigenvalue weighted by atomic mass is 9.89. The number of likely N-dealkylation sites (tertiary alicyclic amines) is 2. The molecule has 0 saturated carbocycles. The van der Waals surface area contributed by atoms with Crippen molar-refractivity contribution in [2.45, 2.75) is 63.5 Å². The van der Waals surface area contributed by atoms with E-state index < -0.39 is 0 Å². The Bertz CT molecular complexity index is 1540. The first-order chi connectivity index (χ1) is 23.2. The van der Waals surface area contributed by atoms with E-state index in [2.05, 4.69) is 19.9 Å². The molecule has 2 amide bonds. The number of benzene rings is 2. The van der Waals surface area contributed by atoms with Crippen LogP contribution in [0.25, 0.3) is 0 Å². The SMILES string of the molecule is CN(C/C(=N\OCCCn1ccnc1)C(CCN1CCC(N2CCCCC2=O)CC1)c1ccc(Cl)c(Cl)c1)C(=O)c1cc(Cl)cc(Cl)c1. The maximum atomic E-state index is 13.6. The average molecular weight is 737 g/mol. The minimum Gasteiger partial charge on any atom is -0.396 e. The first kappa shape index (κ1) is 36.5. The third kappa shape index (κ3) is 10.1. The first-order valence-corrected chi connectivity index (χ1v) is 18.0. The molecule has 0 radical (unpaired) electrons. The van der Waals surface area contributed by atoms with Gasteiger partial charge in [-0.3, -0.25) is 9.59 Å². The van der Waals surface area contributed by atoms with E-state index in [4.69, 9.17) is 51.2 Å². The lowest BCUT2D eigenvalue weighted by Gasteiger charge is -2.40. The largest absolute Gasteiger partial charge is 0.396 e. The highest BCUT2D eigenvalue weighted by atomic mass is 35.5. The van der Waals surface area contributed by atoms with E-state index in [1.807, 2.05) is 22.9 Å². The van der Waals surface area contributed by atoms with Crippen molar-refractivity contribution in [1.29, 1.82) is 0 Å². The quantitative estimate of drug-likeness (QED) is 0.0964. The van der Waals surface area contributed by atoms with Crippen LogP contribution in [0.1, 0.15) is 66.8 Å². The van der Waals surface area contributed by atoms with E-state index in [0.717, 1.165) is 70.4 Å². The van der Waals surface area contributed by atoms with E-state index in [1.54, 1.807) is 48.7 Å². The van der Waals surface area contributed by atoms with E-state index in [0.29, 0.717) is 62.8 Å². The Morgan fingerprint density at radius 3 is 2.48 bits per heavy atom. The highest BCUT2D eigenvalue weighted by molar-refractivity contribution is 6.42. The average Bonchev–Trinajstić information content (AvgIpc) is 3.59. The molecule has 1 atom stereocenters. The maximum Gasteiger partial charge on any atom is 0.254 e. The summed E-state index contributed by atoms with van der Waals surface area (Å²) in [4.78, 5) is 42.3. The van der Waals surface area contributed by atoms with E-state index in [1.165, 1.54) is 0 Å². The number of oxime groups is 1. The van der Waals surface area contributed by atoms with Crippen LogP contribution in [0.5, 0.6) is 0 Å². The zero-order chi connectivity index (χ0) is 34.0. The fourth-order valence-electron chi connectivity index (χ4n) is 6.51. The van der Waals surface area contributed by atoms with Crippen LogP contribution >= 0.6 is 46.4 Å². The van der Waals surface area contributed by atoms with Gasteiger partial charge in [0.1, 0.15) is 6.61 Å². The number of carbonyl (C=O) groups excluding carboxylic acids is 2. The summed E-state index contributed by atoms with van der Waals surface area (Å²) in [5.74, 6) is -0.161. The molecule has 3 heterocycles. The molecule has 2 fully saturated rings. The third-order valence-electron chi connectivity index (χ3n) is 9.09. The molecule has 0 spiro atoms. The molecule has 9 nitrogen and oxygen atoms in total. The van der Waals surface area contributed by atoms with E-state index >= 15 is 0 Å². The van der Waals surface area contributed by atoms with Crippen LogP contribution < -0.4 is 0 Å². The fourth-order valence-corrected chi connectivity index (χ4v) is 7.34. The molecule has 2 aliphatic rings. The number of nitrogens with zero attached hydrogens (tertiary/aromatic N) is 6. The second-order valence-corrected chi connectivity index (χ2v) is 14.2. The number of hydrogen-bond donors (Lipinski definition) is 0. The van der Waals surface area contributed by atoms with Crippen molar-refractivity contribution < 1.29 is 14.4 Å². The van der Waals surface area contributed by atoms with E-state index in [9.17, 15) is 9.59 Å². The summed E-state index contributed by atoms with van der Waals surface area (Å²) in [6, 6.07) is 10.7. The number of aromatic nitrogens is 2. The van der Waals surface area contributed by atoms with Crippen LogP contribution in [0.4, 0.5) is 0 Å². The smallest absolute Gasteiger partial charge is 0.254 e. The summed E-state index contributed by atoms with van der Waals surface area (Å²) >= 11 is 25.3. The van der Waals surface area contributed by atoms with Gasteiger partial charge in [-0.05, 0) is 74.5 Å². The molecule has 2 aromatic carbocycles. The minimum absolute atomic E-state index is 0.203. The van der Waals surface area contributed by atoms with Gasteiger partial charge in [0, 0.05) is 86.0 Å². The van der Waals surface area contributed by atoms with Gasteiger partial charge in [0.25, 0.3) is 5.91 Å². The lowest BCUT2D eigenvalue weighted by Crippen LogP contribution is -2.49. The van der Waals surface area contributed by atoms with Gasteiger partial charge < -0.3 is 24.1 Å². The molecule has 2 aliphatic heterocycles. The molecular formula is C35H42Cl4N6O3. The molecular weight excluding hydrogens is 694 g/mol. The number of imidazole rings is 1. The molecule has 1 unspecified atom stereocenters. The van der Waals surface area contributed by atoms with Gasteiger partial charge in [-0.15, -0.1) is 0 Å². The molecule has 0 bridgehead atoms. The van der Waals surface area contributed by atoms with Gasteiger partial charge in [-0.2, -0.15) is 0 Å². The summed E-state index contributed by atoms with van der Waals surface area (Å²) in [6.45, 7) is 4.83. The lowest BCUT2D eigenvalue weighted by molar-refractivity contribution is -0.136. The van der Waals surface area contributed by atoms with Crippen molar-refractivity contribution in [3.8, 4) is 0 Å². The Morgan fingerprint density at radius 2 is 1.79 bits per heavy atom. The van der Waals surface area contributed by atoms with Crippen LogP contribution in [0.3, 0.4) is 0 Å². The van der Waals surface area contributed by atoms with E-state index in [-0.39, 0.29) is 18.4 Å². The zero-order valence-corrected chi connectivity index (χ0v) is 30.2. The number of aryl methyl sites for hydroxylation is 1. The minimum atomic E-state index is -0.241. The van der Waals surface area contributed by atoms with Crippen LogP contribution in [0, 0.1) is 0 Å². The Kier molecular flexibility index (Phi) is 13.5. The number of hydrogen-bond acceptors (Lipinski definition) is 6. The van der Waals surface area contributed by atoms with Crippen molar-refractivity contribution in [2.24, 2.45) is 5.16 Å². The van der Waals surface area contributed by atoms with Crippen LogP contribution in [0.15, 0.2) is 60.3 Å². The predicted octanol–water partition coefficient (Wildman–Crippen LogP) is 7.68. The number of piperidine rings is 2. The zero-order valence-electron chi connectivity index (χ0n) is 27.2. The maximum absolute atomic E-state index is 13.6. The molecule has 5 rings (SSSR count). The number of carbonyl (C=O) groups is 2. The van der Waals surface area contributed by atoms with Crippen molar-refractivity contribution >= 4 is 63.9 Å². The Labute approximate surface area is 302 Å². The molecule has 3 aromatic rings. The third-order valence-corrected chi connectivity index (χ3v) is 10.3. The molecule has 258 valence electrons. The standard InChI is InChI=1S/C35H42Cl4N6O3/c1-42(35(47)26-19-27(36)22-28(37)20-26)23-33(41-48-18-4-12-44-17-11-40-24-44)30(25-6-7-31(38)32(39)21-25)10-16-43-14-8-29(9-15-43)45-13-3-2-5-34(45)46/h6-7,11,17,19-22,24,29-30H,2-5,8-10,12-16,18,23H2,1H3/b41-33+. The van der Waals surface area contributed by atoms with Crippen LogP contribution in [-0.4, -0.2) is 94.2 Å². The molecule has 1 aromatic heterocycles. The van der Waals surface area contributed by atoms with Crippen LogP contribution in [-0.2, 0) is 16.2 Å². The summed E-state index contributed by atoms with van der Waals surface area (Å²) < 4.78 is 1.99. The molecule has 48 heavy (non-hydrogen) atoms.